The van der Waals surface area contributed by atoms with E-state index in [-0.39, 0.29) is 5.91 Å². The Morgan fingerprint density at radius 3 is 2.59 bits per heavy atom. The number of hydrogen-bond acceptors (Lipinski definition) is 4. The van der Waals surface area contributed by atoms with Gasteiger partial charge < -0.3 is 11.1 Å². The average Bonchev–Trinajstić information content (AvgIpc) is 2.33. The molecule has 5 heteroatoms. The van der Waals surface area contributed by atoms with Crippen molar-refractivity contribution in [2.24, 2.45) is 0 Å². The summed E-state index contributed by atoms with van der Waals surface area (Å²) in [5.74, 6) is 0.222. The van der Waals surface area contributed by atoms with E-state index in [1.807, 2.05) is 6.92 Å². The van der Waals surface area contributed by atoms with E-state index < -0.39 is 0 Å². The van der Waals surface area contributed by atoms with Gasteiger partial charge in [-0.15, -0.1) is 0 Å². The molecule has 2 rings (SSSR count). The molecular weight excluding hydrogens is 216 g/mol. The number of aryl methyl sites for hydroxylation is 1. The molecule has 2 aromatic rings. The Bertz CT molecular complexity index is 519. The second-order valence-corrected chi connectivity index (χ2v) is 3.62. The summed E-state index contributed by atoms with van der Waals surface area (Å²) in [5.41, 5.74) is 7.42. The van der Waals surface area contributed by atoms with Crippen LogP contribution >= 0.6 is 0 Å². The summed E-state index contributed by atoms with van der Waals surface area (Å²) in [5, 5.41) is 2.66. The first-order chi connectivity index (χ1) is 8.15. The lowest BCUT2D eigenvalue weighted by Gasteiger charge is -2.04. The third kappa shape index (κ3) is 2.78. The van der Waals surface area contributed by atoms with Crippen LogP contribution in [0.25, 0.3) is 0 Å². The molecule has 0 aliphatic carbocycles. The number of amides is 1. The van der Waals surface area contributed by atoms with E-state index in [1.54, 1.807) is 24.3 Å². The van der Waals surface area contributed by atoms with Gasteiger partial charge in [-0.3, -0.25) is 9.78 Å². The molecule has 0 atom stereocenters. The molecule has 0 fully saturated rings. The van der Waals surface area contributed by atoms with Crippen LogP contribution in [-0.2, 0) is 0 Å². The predicted molar refractivity (Wildman–Crippen MR) is 65.6 cm³/mol. The van der Waals surface area contributed by atoms with Crippen molar-refractivity contribution >= 4 is 17.4 Å². The highest BCUT2D eigenvalue weighted by Gasteiger charge is 2.06. The first kappa shape index (κ1) is 11.1. The van der Waals surface area contributed by atoms with E-state index in [1.165, 1.54) is 12.4 Å². The summed E-state index contributed by atoms with van der Waals surface area (Å²) >= 11 is 0. The topological polar surface area (TPSA) is 80.9 Å². The van der Waals surface area contributed by atoms with Gasteiger partial charge in [-0.1, -0.05) is 0 Å². The van der Waals surface area contributed by atoms with Crippen molar-refractivity contribution in [2.75, 3.05) is 11.1 Å². The lowest BCUT2D eigenvalue weighted by atomic mass is 10.2. The summed E-state index contributed by atoms with van der Waals surface area (Å²) in [6.07, 6.45) is 3.02. The Kier molecular flexibility index (Phi) is 3.00. The monoisotopic (exact) mass is 228 g/mol. The largest absolute Gasteiger partial charge is 0.397 e. The molecule has 0 saturated carbocycles. The molecule has 0 aromatic carbocycles. The second kappa shape index (κ2) is 4.61. The zero-order valence-electron chi connectivity index (χ0n) is 9.34. The number of carbonyl (C=O) groups excluding carboxylic acids is 1. The number of hydrogen-bond donors (Lipinski definition) is 2. The standard InChI is InChI=1S/C12H12N4O/c1-8-2-3-9(6-14-8)12(17)16-11-5-4-10(13)7-15-11/h2-7H,13H2,1H3,(H,15,16,17). The highest BCUT2D eigenvalue weighted by molar-refractivity contribution is 6.03. The number of nitrogens with zero attached hydrogens (tertiary/aromatic N) is 2. The molecule has 0 radical (unpaired) electrons. The fourth-order valence-corrected chi connectivity index (χ4v) is 1.27. The minimum Gasteiger partial charge on any atom is -0.397 e. The Morgan fingerprint density at radius 2 is 2.00 bits per heavy atom. The number of anilines is 2. The van der Waals surface area contributed by atoms with Gasteiger partial charge in [0.1, 0.15) is 5.82 Å². The smallest absolute Gasteiger partial charge is 0.258 e. The number of nitrogen functional groups attached to an aromatic ring is 1. The van der Waals surface area contributed by atoms with Crippen LogP contribution in [0.4, 0.5) is 11.5 Å². The van der Waals surface area contributed by atoms with Gasteiger partial charge in [0.25, 0.3) is 5.91 Å². The van der Waals surface area contributed by atoms with Crippen molar-refractivity contribution in [3.8, 4) is 0 Å². The lowest BCUT2D eigenvalue weighted by Crippen LogP contribution is -2.13. The molecule has 0 bridgehead atoms. The van der Waals surface area contributed by atoms with Crippen LogP contribution in [0.2, 0.25) is 0 Å². The van der Waals surface area contributed by atoms with E-state index in [0.29, 0.717) is 17.1 Å². The second-order valence-electron chi connectivity index (χ2n) is 3.62. The van der Waals surface area contributed by atoms with E-state index in [2.05, 4.69) is 15.3 Å². The number of pyridine rings is 2. The maximum absolute atomic E-state index is 11.8. The normalized spacial score (nSPS) is 9.94. The molecule has 17 heavy (non-hydrogen) atoms. The molecule has 0 aliphatic heterocycles. The van der Waals surface area contributed by atoms with Crippen molar-refractivity contribution in [3.05, 3.63) is 47.9 Å². The molecule has 2 heterocycles. The van der Waals surface area contributed by atoms with Gasteiger partial charge >= 0.3 is 0 Å². The number of nitrogens with one attached hydrogen (secondary N) is 1. The zero-order valence-corrected chi connectivity index (χ0v) is 9.34. The molecule has 1 amide bonds. The minimum absolute atomic E-state index is 0.241. The van der Waals surface area contributed by atoms with Gasteiger partial charge in [0.05, 0.1) is 17.4 Å². The van der Waals surface area contributed by atoms with Crippen molar-refractivity contribution in [2.45, 2.75) is 6.92 Å². The van der Waals surface area contributed by atoms with Crippen molar-refractivity contribution < 1.29 is 4.79 Å². The Balaban J connectivity index is 2.11. The number of rotatable bonds is 2. The fourth-order valence-electron chi connectivity index (χ4n) is 1.27. The molecule has 0 saturated heterocycles. The molecule has 0 spiro atoms. The fraction of sp³-hybridized carbons (Fsp3) is 0.0833. The Hall–Kier alpha value is -2.43. The van der Waals surface area contributed by atoms with Gasteiger partial charge in [0.2, 0.25) is 0 Å². The zero-order chi connectivity index (χ0) is 12.3. The molecule has 0 aliphatic rings. The van der Waals surface area contributed by atoms with E-state index in [0.717, 1.165) is 5.69 Å². The van der Waals surface area contributed by atoms with Gasteiger partial charge in [-0.05, 0) is 31.2 Å². The Morgan fingerprint density at radius 1 is 1.18 bits per heavy atom. The molecule has 2 aromatic heterocycles. The number of carbonyl (C=O) groups is 1. The first-order valence-electron chi connectivity index (χ1n) is 5.11. The summed E-state index contributed by atoms with van der Waals surface area (Å²) in [6.45, 7) is 1.86. The summed E-state index contributed by atoms with van der Waals surface area (Å²) in [4.78, 5) is 19.8. The van der Waals surface area contributed by atoms with Crippen LogP contribution in [0.5, 0.6) is 0 Å². The van der Waals surface area contributed by atoms with Gasteiger partial charge in [0, 0.05) is 11.9 Å². The van der Waals surface area contributed by atoms with Gasteiger partial charge in [-0.25, -0.2) is 4.98 Å². The maximum Gasteiger partial charge on any atom is 0.258 e. The van der Waals surface area contributed by atoms with Crippen molar-refractivity contribution in [1.82, 2.24) is 9.97 Å². The predicted octanol–water partition coefficient (Wildman–Crippen LogP) is 1.62. The summed E-state index contributed by atoms with van der Waals surface area (Å²) < 4.78 is 0. The van der Waals surface area contributed by atoms with Crippen LogP contribution in [-0.4, -0.2) is 15.9 Å². The van der Waals surface area contributed by atoms with Gasteiger partial charge in [-0.2, -0.15) is 0 Å². The van der Waals surface area contributed by atoms with E-state index in [9.17, 15) is 4.79 Å². The summed E-state index contributed by atoms with van der Waals surface area (Å²) in [6, 6.07) is 6.82. The van der Waals surface area contributed by atoms with Crippen molar-refractivity contribution in [3.63, 3.8) is 0 Å². The maximum atomic E-state index is 11.8. The number of aromatic nitrogens is 2. The van der Waals surface area contributed by atoms with E-state index >= 15 is 0 Å². The third-order valence-corrected chi connectivity index (χ3v) is 2.20. The SMILES string of the molecule is Cc1ccc(C(=O)Nc2ccc(N)cn2)cn1. The van der Waals surface area contributed by atoms with Crippen LogP contribution in [0.1, 0.15) is 16.1 Å². The molecule has 0 unspecified atom stereocenters. The molecule has 5 nitrogen and oxygen atoms in total. The third-order valence-electron chi connectivity index (χ3n) is 2.20. The van der Waals surface area contributed by atoms with E-state index in [4.69, 9.17) is 5.73 Å². The van der Waals surface area contributed by atoms with Crippen LogP contribution in [0, 0.1) is 6.92 Å². The molecule has 3 N–H and O–H groups in total. The van der Waals surface area contributed by atoms with Gasteiger partial charge in [0.15, 0.2) is 0 Å². The minimum atomic E-state index is -0.241. The highest BCUT2D eigenvalue weighted by Crippen LogP contribution is 2.08. The van der Waals surface area contributed by atoms with Crippen LogP contribution in [0.15, 0.2) is 36.7 Å². The molecule has 86 valence electrons. The summed E-state index contributed by atoms with van der Waals surface area (Å²) in [7, 11) is 0. The van der Waals surface area contributed by atoms with Crippen LogP contribution < -0.4 is 11.1 Å². The Labute approximate surface area is 98.7 Å². The number of nitrogens with two attached hydrogens (primary N) is 1. The highest BCUT2D eigenvalue weighted by atomic mass is 16.1. The lowest BCUT2D eigenvalue weighted by molar-refractivity contribution is 0.102. The average molecular weight is 228 g/mol. The van der Waals surface area contributed by atoms with Crippen molar-refractivity contribution in [1.29, 1.82) is 0 Å². The molecular formula is C12H12N4O. The quantitative estimate of drug-likeness (QED) is 0.818. The first-order valence-corrected chi connectivity index (χ1v) is 5.11. The van der Waals surface area contributed by atoms with Crippen LogP contribution in [0.3, 0.4) is 0 Å².